The van der Waals surface area contributed by atoms with Gasteiger partial charge in [0.05, 0.1) is 6.61 Å². The predicted molar refractivity (Wildman–Crippen MR) is 81.2 cm³/mol. The number of nitrogens with two attached hydrogens (primary N) is 1. The quantitative estimate of drug-likeness (QED) is 0.883. The first-order chi connectivity index (χ1) is 9.58. The number of nitrogens with zero attached hydrogens (tertiary/aromatic N) is 2. The van der Waals surface area contributed by atoms with E-state index in [2.05, 4.69) is 24.1 Å². The van der Waals surface area contributed by atoms with E-state index >= 15 is 0 Å². The minimum atomic E-state index is -0.0388. The number of hydrogen-bond donors (Lipinski definition) is 2. The summed E-state index contributed by atoms with van der Waals surface area (Å²) in [6.45, 7) is 7.68. The van der Waals surface area contributed by atoms with Gasteiger partial charge in [-0.05, 0) is 12.3 Å². The summed E-state index contributed by atoms with van der Waals surface area (Å²) >= 11 is 1.33. The number of carbonyl (C=O) groups is 1. The summed E-state index contributed by atoms with van der Waals surface area (Å²) in [6, 6.07) is 0. The van der Waals surface area contributed by atoms with Crippen molar-refractivity contribution in [3.63, 3.8) is 0 Å². The highest BCUT2D eigenvalue weighted by molar-refractivity contribution is 7.18. The van der Waals surface area contributed by atoms with Crippen LogP contribution in [0.2, 0.25) is 0 Å². The predicted octanol–water partition coefficient (Wildman–Crippen LogP) is 1.66. The molecule has 1 aliphatic heterocycles. The molecule has 0 bridgehead atoms. The molecule has 1 fully saturated rings. The van der Waals surface area contributed by atoms with E-state index in [4.69, 9.17) is 10.5 Å². The summed E-state index contributed by atoms with van der Waals surface area (Å²) in [4.78, 5) is 19.0. The molecular formula is C13H22N4O2S. The van der Waals surface area contributed by atoms with Crippen LogP contribution in [0.3, 0.4) is 0 Å². The number of nitrogens with one attached hydrogen (secondary N) is 1. The van der Waals surface area contributed by atoms with Crippen LogP contribution >= 0.6 is 11.3 Å². The molecule has 0 atom stereocenters. The largest absolute Gasteiger partial charge is 0.382 e. The first kappa shape index (κ1) is 15.1. The Morgan fingerprint density at radius 3 is 3.05 bits per heavy atom. The van der Waals surface area contributed by atoms with Gasteiger partial charge in [-0.3, -0.25) is 4.79 Å². The van der Waals surface area contributed by atoms with Crippen molar-refractivity contribution in [2.75, 3.05) is 43.9 Å². The molecule has 0 saturated carbocycles. The van der Waals surface area contributed by atoms with Crippen LogP contribution in [-0.4, -0.2) is 48.6 Å². The number of hydrogen-bond acceptors (Lipinski definition) is 6. The number of thiazole rings is 1. The van der Waals surface area contributed by atoms with Gasteiger partial charge in [0.15, 0.2) is 5.13 Å². The number of nitrogen functional groups attached to an aromatic ring is 1. The van der Waals surface area contributed by atoms with Crippen molar-refractivity contribution in [3.05, 3.63) is 4.88 Å². The Morgan fingerprint density at radius 1 is 1.50 bits per heavy atom. The van der Waals surface area contributed by atoms with Crippen molar-refractivity contribution in [2.45, 2.75) is 20.3 Å². The number of anilines is 2. The zero-order valence-corrected chi connectivity index (χ0v) is 12.8. The molecule has 1 aromatic heterocycles. The van der Waals surface area contributed by atoms with E-state index in [0.29, 0.717) is 48.0 Å². The van der Waals surface area contributed by atoms with Crippen molar-refractivity contribution >= 4 is 28.2 Å². The maximum atomic E-state index is 12.5. The maximum Gasteiger partial charge on any atom is 0.267 e. The van der Waals surface area contributed by atoms with Gasteiger partial charge in [-0.2, -0.15) is 0 Å². The van der Waals surface area contributed by atoms with Gasteiger partial charge in [0.1, 0.15) is 10.7 Å². The normalized spacial score (nSPS) is 16.2. The molecule has 112 valence electrons. The van der Waals surface area contributed by atoms with Crippen molar-refractivity contribution in [1.82, 2.24) is 9.88 Å². The Hall–Kier alpha value is -1.34. The molecule has 1 amide bonds. The van der Waals surface area contributed by atoms with Gasteiger partial charge in [-0.1, -0.05) is 25.2 Å². The number of rotatable bonds is 4. The molecule has 7 heteroatoms. The summed E-state index contributed by atoms with van der Waals surface area (Å²) in [7, 11) is 0. The minimum absolute atomic E-state index is 0.0388. The molecule has 0 radical (unpaired) electrons. The summed E-state index contributed by atoms with van der Waals surface area (Å²) in [6.07, 6.45) is 0.864. The lowest BCUT2D eigenvalue weighted by Crippen LogP contribution is -2.33. The molecular weight excluding hydrogens is 276 g/mol. The Bertz CT molecular complexity index is 453. The Balaban J connectivity index is 2.05. The summed E-state index contributed by atoms with van der Waals surface area (Å²) in [5.41, 5.74) is 5.87. The van der Waals surface area contributed by atoms with E-state index in [9.17, 15) is 4.79 Å². The number of aromatic nitrogens is 1. The third kappa shape index (κ3) is 3.83. The van der Waals surface area contributed by atoms with Gasteiger partial charge in [-0.25, -0.2) is 4.98 Å². The van der Waals surface area contributed by atoms with Crippen LogP contribution in [-0.2, 0) is 4.74 Å². The van der Waals surface area contributed by atoms with Gasteiger partial charge < -0.3 is 20.7 Å². The molecule has 20 heavy (non-hydrogen) atoms. The highest BCUT2D eigenvalue weighted by Gasteiger charge is 2.23. The Kier molecular flexibility index (Phi) is 5.19. The van der Waals surface area contributed by atoms with Crippen molar-refractivity contribution < 1.29 is 9.53 Å². The van der Waals surface area contributed by atoms with E-state index < -0.39 is 0 Å². The lowest BCUT2D eigenvalue weighted by Gasteiger charge is -2.18. The fourth-order valence-corrected chi connectivity index (χ4v) is 2.80. The Morgan fingerprint density at radius 2 is 2.30 bits per heavy atom. The van der Waals surface area contributed by atoms with Gasteiger partial charge in [0.2, 0.25) is 0 Å². The molecule has 1 aromatic rings. The van der Waals surface area contributed by atoms with E-state index in [1.165, 1.54) is 11.3 Å². The summed E-state index contributed by atoms with van der Waals surface area (Å²) in [5.74, 6) is 0.793. The minimum Gasteiger partial charge on any atom is -0.382 e. The first-order valence-electron chi connectivity index (χ1n) is 6.95. The number of amides is 1. The van der Waals surface area contributed by atoms with Gasteiger partial charge in [0.25, 0.3) is 5.91 Å². The third-order valence-electron chi connectivity index (χ3n) is 3.02. The SMILES string of the molecule is CC(C)CNc1nc(N)c(C(=O)N2CCCOCC2)s1. The molecule has 3 N–H and O–H groups in total. The zero-order valence-electron chi connectivity index (χ0n) is 12.0. The van der Waals surface area contributed by atoms with Crippen LogP contribution in [0.4, 0.5) is 10.9 Å². The second-order valence-electron chi connectivity index (χ2n) is 5.27. The van der Waals surface area contributed by atoms with Crippen LogP contribution in [0.15, 0.2) is 0 Å². The highest BCUT2D eigenvalue weighted by atomic mass is 32.1. The standard InChI is InChI=1S/C13H22N4O2S/c1-9(2)8-15-13-16-11(14)10(20-13)12(18)17-4-3-6-19-7-5-17/h9H,3-8,14H2,1-2H3,(H,15,16). The Labute approximate surface area is 123 Å². The van der Waals surface area contributed by atoms with Crippen molar-refractivity contribution in [2.24, 2.45) is 5.92 Å². The lowest BCUT2D eigenvalue weighted by atomic mass is 10.2. The van der Waals surface area contributed by atoms with E-state index in [1.54, 1.807) is 4.90 Å². The van der Waals surface area contributed by atoms with Gasteiger partial charge >= 0.3 is 0 Å². The zero-order chi connectivity index (χ0) is 14.5. The van der Waals surface area contributed by atoms with E-state index in [1.807, 2.05) is 0 Å². The number of carbonyl (C=O) groups excluding carboxylic acids is 1. The number of ether oxygens (including phenoxy) is 1. The monoisotopic (exact) mass is 298 g/mol. The van der Waals surface area contributed by atoms with E-state index in [-0.39, 0.29) is 5.91 Å². The van der Waals surface area contributed by atoms with E-state index in [0.717, 1.165) is 13.0 Å². The molecule has 1 aliphatic rings. The van der Waals surface area contributed by atoms with Crippen LogP contribution in [0.1, 0.15) is 29.9 Å². The fraction of sp³-hybridized carbons (Fsp3) is 0.692. The highest BCUT2D eigenvalue weighted by Crippen LogP contribution is 2.26. The van der Waals surface area contributed by atoms with Crippen LogP contribution in [0, 0.1) is 5.92 Å². The molecule has 6 nitrogen and oxygen atoms in total. The smallest absolute Gasteiger partial charge is 0.267 e. The molecule has 0 aromatic carbocycles. The molecule has 1 saturated heterocycles. The van der Waals surface area contributed by atoms with Crippen LogP contribution in [0.25, 0.3) is 0 Å². The molecule has 0 spiro atoms. The molecule has 0 unspecified atom stereocenters. The van der Waals surface area contributed by atoms with Crippen LogP contribution < -0.4 is 11.1 Å². The topological polar surface area (TPSA) is 80.5 Å². The maximum absolute atomic E-state index is 12.5. The van der Waals surface area contributed by atoms with Crippen LogP contribution in [0.5, 0.6) is 0 Å². The first-order valence-corrected chi connectivity index (χ1v) is 7.76. The average molecular weight is 298 g/mol. The molecule has 0 aliphatic carbocycles. The molecule has 2 heterocycles. The average Bonchev–Trinajstić information content (AvgIpc) is 2.63. The third-order valence-corrected chi connectivity index (χ3v) is 4.04. The van der Waals surface area contributed by atoms with Crippen molar-refractivity contribution in [1.29, 1.82) is 0 Å². The second kappa shape index (κ2) is 6.90. The summed E-state index contributed by atoms with van der Waals surface area (Å²) in [5, 5.41) is 3.92. The molecule has 2 rings (SSSR count). The second-order valence-corrected chi connectivity index (χ2v) is 6.27. The van der Waals surface area contributed by atoms with Crippen molar-refractivity contribution in [3.8, 4) is 0 Å². The fourth-order valence-electron chi connectivity index (χ4n) is 1.94. The lowest BCUT2D eigenvalue weighted by molar-refractivity contribution is 0.0747. The van der Waals surface area contributed by atoms with Gasteiger partial charge in [0, 0.05) is 26.2 Å². The summed E-state index contributed by atoms with van der Waals surface area (Å²) < 4.78 is 5.36. The van der Waals surface area contributed by atoms with Gasteiger partial charge in [-0.15, -0.1) is 0 Å².